The highest BCUT2D eigenvalue weighted by Crippen LogP contribution is 2.27. The minimum absolute atomic E-state index is 0.137. The third kappa shape index (κ3) is 3.08. The van der Waals surface area contributed by atoms with Gasteiger partial charge in [-0.2, -0.15) is 0 Å². The maximum Gasteiger partial charge on any atom is 0.256 e. The van der Waals surface area contributed by atoms with E-state index in [9.17, 15) is 9.59 Å². The minimum Gasteiger partial charge on any atom is -0.373 e. The topological polar surface area (TPSA) is 49.4 Å². The summed E-state index contributed by atoms with van der Waals surface area (Å²) in [5.41, 5.74) is 3.67. The number of hydrogen-bond acceptors (Lipinski definition) is 3. The Morgan fingerprint density at radius 3 is 2.57 bits per heavy atom. The number of nitrogens with one attached hydrogen (secondary N) is 1. The molecule has 1 aliphatic heterocycles. The zero-order valence-corrected chi connectivity index (χ0v) is 13.7. The van der Waals surface area contributed by atoms with Gasteiger partial charge in [0.1, 0.15) is 6.04 Å². The van der Waals surface area contributed by atoms with Crippen molar-refractivity contribution in [3.63, 3.8) is 0 Å². The van der Waals surface area contributed by atoms with Gasteiger partial charge in [0, 0.05) is 10.7 Å². The standard InChI is InChI=1S/C18H17ClN2O2/c1-11-6-7-14(8-12(11)2)20-16-10-17(22)21(18(16)23)15-5-3-4-13(19)9-15/h3-9,16,20H,10H2,1-2H3/t16-/m1/s1. The molecule has 1 fully saturated rings. The molecule has 118 valence electrons. The number of amides is 2. The van der Waals surface area contributed by atoms with E-state index in [-0.39, 0.29) is 18.2 Å². The maximum absolute atomic E-state index is 12.6. The van der Waals surface area contributed by atoms with Gasteiger partial charge in [-0.25, -0.2) is 4.90 Å². The quantitative estimate of drug-likeness (QED) is 0.874. The molecular formula is C18H17ClN2O2. The molecule has 3 rings (SSSR count). The van der Waals surface area contributed by atoms with Gasteiger partial charge in [-0.15, -0.1) is 0 Å². The van der Waals surface area contributed by atoms with E-state index >= 15 is 0 Å². The highest BCUT2D eigenvalue weighted by molar-refractivity contribution is 6.31. The third-order valence-electron chi connectivity index (χ3n) is 4.06. The van der Waals surface area contributed by atoms with Crippen LogP contribution in [0.1, 0.15) is 17.5 Å². The normalized spacial score (nSPS) is 17.7. The Labute approximate surface area is 140 Å². The largest absolute Gasteiger partial charge is 0.373 e. The number of rotatable bonds is 3. The highest BCUT2D eigenvalue weighted by Gasteiger charge is 2.39. The van der Waals surface area contributed by atoms with Gasteiger partial charge in [-0.3, -0.25) is 9.59 Å². The Hall–Kier alpha value is -2.33. The van der Waals surface area contributed by atoms with E-state index in [1.165, 1.54) is 10.5 Å². The molecule has 23 heavy (non-hydrogen) atoms. The molecule has 0 aliphatic carbocycles. The molecule has 1 heterocycles. The fourth-order valence-corrected chi connectivity index (χ4v) is 2.85. The second-order valence-corrected chi connectivity index (χ2v) is 6.18. The lowest BCUT2D eigenvalue weighted by Crippen LogP contribution is -2.34. The van der Waals surface area contributed by atoms with Gasteiger partial charge in [0.05, 0.1) is 12.1 Å². The molecule has 5 heteroatoms. The SMILES string of the molecule is Cc1ccc(N[C@@H]2CC(=O)N(c3cccc(Cl)c3)C2=O)cc1C. The van der Waals surface area contributed by atoms with Crippen molar-refractivity contribution in [3.8, 4) is 0 Å². The molecule has 0 bridgehead atoms. The molecule has 0 saturated carbocycles. The summed E-state index contributed by atoms with van der Waals surface area (Å²) in [7, 11) is 0. The number of aryl methyl sites for hydroxylation is 2. The molecule has 1 N–H and O–H groups in total. The second kappa shape index (κ2) is 6.05. The summed E-state index contributed by atoms with van der Waals surface area (Å²) in [6.07, 6.45) is 0.137. The van der Waals surface area contributed by atoms with Gasteiger partial charge in [0.15, 0.2) is 0 Å². The predicted octanol–water partition coefficient (Wildman–Crippen LogP) is 3.70. The predicted molar refractivity (Wildman–Crippen MR) is 91.9 cm³/mol. The van der Waals surface area contributed by atoms with Gasteiger partial charge in [0.25, 0.3) is 5.91 Å². The van der Waals surface area contributed by atoms with Crippen molar-refractivity contribution in [2.75, 3.05) is 10.2 Å². The van der Waals surface area contributed by atoms with Gasteiger partial charge in [-0.05, 0) is 55.3 Å². The number of halogens is 1. The molecule has 0 unspecified atom stereocenters. The molecule has 0 aromatic heterocycles. The Bertz CT molecular complexity index is 788. The van der Waals surface area contributed by atoms with Crippen LogP contribution in [0.25, 0.3) is 0 Å². The minimum atomic E-state index is -0.552. The monoisotopic (exact) mass is 328 g/mol. The third-order valence-corrected chi connectivity index (χ3v) is 4.30. The average Bonchev–Trinajstić information content (AvgIpc) is 2.77. The van der Waals surface area contributed by atoms with Crippen molar-refractivity contribution in [1.29, 1.82) is 0 Å². The van der Waals surface area contributed by atoms with Crippen LogP contribution < -0.4 is 10.2 Å². The van der Waals surface area contributed by atoms with Crippen LogP contribution in [-0.4, -0.2) is 17.9 Å². The van der Waals surface area contributed by atoms with Gasteiger partial charge in [-0.1, -0.05) is 23.7 Å². The Balaban J connectivity index is 1.82. The van der Waals surface area contributed by atoms with Crippen LogP contribution in [0.3, 0.4) is 0 Å². The number of benzene rings is 2. The Morgan fingerprint density at radius 1 is 1.09 bits per heavy atom. The first-order valence-electron chi connectivity index (χ1n) is 7.42. The van der Waals surface area contributed by atoms with Crippen molar-refractivity contribution in [2.45, 2.75) is 26.3 Å². The van der Waals surface area contributed by atoms with Crippen LogP contribution in [0.15, 0.2) is 42.5 Å². The van der Waals surface area contributed by atoms with Gasteiger partial charge >= 0.3 is 0 Å². The van der Waals surface area contributed by atoms with Crippen molar-refractivity contribution in [2.24, 2.45) is 0 Å². The summed E-state index contributed by atoms with van der Waals surface area (Å²) < 4.78 is 0. The number of carbonyl (C=O) groups is 2. The number of carbonyl (C=O) groups excluding carboxylic acids is 2. The average molecular weight is 329 g/mol. The highest BCUT2D eigenvalue weighted by atomic mass is 35.5. The molecule has 1 atom stereocenters. The van der Waals surface area contributed by atoms with E-state index in [0.717, 1.165) is 11.3 Å². The van der Waals surface area contributed by atoms with Crippen molar-refractivity contribution in [1.82, 2.24) is 0 Å². The first-order chi connectivity index (χ1) is 11.0. The van der Waals surface area contributed by atoms with Crippen LogP contribution in [-0.2, 0) is 9.59 Å². The van der Waals surface area contributed by atoms with E-state index in [2.05, 4.69) is 5.32 Å². The zero-order valence-electron chi connectivity index (χ0n) is 13.0. The molecular weight excluding hydrogens is 312 g/mol. The summed E-state index contributed by atoms with van der Waals surface area (Å²) >= 11 is 5.95. The molecule has 1 saturated heterocycles. The van der Waals surface area contributed by atoms with Crippen molar-refractivity contribution < 1.29 is 9.59 Å². The first kappa shape index (κ1) is 15.6. The molecule has 1 aliphatic rings. The molecule has 2 amide bonds. The maximum atomic E-state index is 12.6. The number of imide groups is 1. The lowest BCUT2D eigenvalue weighted by Gasteiger charge is -2.16. The number of hydrogen-bond donors (Lipinski definition) is 1. The van der Waals surface area contributed by atoms with E-state index < -0.39 is 6.04 Å². The number of anilines is 2. The van der Waals surface area contributed by atoms with Crippen LogP contribution in [0.2, 0.25) is 5.02 Å². The summed E-state index contributed by atoms with van der Waals surface area (Å²) in [6.45, 7) is 4.05. The molecule has 4 nitrogen and oxygen atoms in total. The molecule has 0 spiro atoms. The zero-order chi connectivity index (χ0) is 16.6. The van der Waals surface area contributed by atoms with Crippen LogP contribution >= 0.6 is 11.6 Å². The number of nitrogens with zero attached hydrogens (tertiary/aromatic N) is 1. The molecule has 2 aromatic rings. The van der Waals surface area contributed by atoms with Gasteiger partial charge in [0.2, 0.25) is 5.91 Å². The smallest absolute Gasteiger partial charge is 0.256 e. The Kier molecular flexibility index (Phi) is 4.09. The lowest BCUT2D eigenvalue weighted by molar-refractivity contribution is -0.121. The fraction of sp³-hybridized carbons (Fsp3) is 0.222. The van der Waals surface area contributed by atoms with E-state index in [4.69, 9.17) is 11.6 Å². The second-order valence-electron chi connectivity index (χ2n) is 5.75. The van der Waals surface area contributed by atoms with Crippen LogP contribution in [0.5, 0.6) is 0 Å². The summed E-state index contributed by atoms with van der Waals surface area (Å²) in [5.74, 6) is -0.478. The van der Waals surface area contributed by atoms with E-state index in [1.807, 2.05) is 32.0 Å². The fourth-order valence-electron chi connectivity index (χ4n) is 2.66. The van der Waals surface area contributed by atoms with Crippen LogP contribution in [0, 0.1) is 13.8 Å². The van der Waals surface area contributed by atoms with Crippen LogP contribution in [0.4, 0.5) is 11.4 Å². The summed E-state index contributed by atoms with van der Waals surface area (Å²) in [5, 5.41) is 3.65. The summed E-state index contributed by atoms with van der Waals surface area (Å²) in [4.78, 5) is 26.0. The summed E-state index contributed by atoms with van der Waals surface area (Å²) in [6, 6.07) is 12.1. The van der Waals surface area contributed by atoms with Gasteiger partial charge < -0.3 is 5.32 Å². The lowest BCUT2D eigenvalue weighted by atomic mass is 10.1. The van der Waals surface area contributed by atoms with E-state index in [1.54, 1.807) is 24.3 Å². The van der Waals surface area contributed by atoms with Crippen molar-refractivity contribution in [3.05, 3.63) is 58.6 Å². The molecule has 2 aromatic carbocycles. The molecule has 0 radical (unpaired) electrons. The Morgan fingerprint density at radius 2 is 1.87 bits per heavy atom. The van der Waals surface area contributed by atoms with E-state index in [0.29, 0.717) is 10.7 Å². The van der Waals surface area contributed by atoms with Crippen molar-refractivity contribution >= 4 is 34.8 Å². The first-order valence-corrected chi connectivity index (χ1v) is 7.79.